The second-order valence-electron chi connectivity index (χ2n) is 3.94. The highest BCUT2D eigenvalue weighted by atomic mass is 19.1. The van der Waals surface area contributed by atoms with Crippen LogP contribution in [-0.2, 0) is 4.74 Å². The van der Waals surface area contributed by atoms with Crippen molar-refractivity contribution in [2.24, 2.45) is 0 Å². The molecule has 0 aromatic heterocycles. The SMILES string of the molecule is CCOC(C)C(NC)c1ccc(F)c(C)c1. The minimum atomic E-state index is -0.164. The number of nitrogens with one attached hydrogen (secondary N) is 1. The molecule has 0 radical (unpaired) electrons. The molecule has 0 bridgehead atoms. The van der Waals surface area contributed by atoms with E-state index in [1.54, 1.807) is 13.0 Å². The van der Waals surface area contributed by atoms with Gasteiger partial charge in [-0.15, -0.1) is 0 Å². The molecular formula is C13H20FNO. The van der Waals surface area contributed by atoms with Gasteiger partial charge in [0.1, 0.15) is 5.82 Å². The first-order chi connectivity index (χ1) is 7.60. The van der Waals surface area contributed by atoms with E-state index in [0.29, 0.717) is 12.2 Å². The lowest BCUT2D eigenvalue weighted by atomic mass is 10.0. The maximum Gasteiger partial charge on any atom is 0.126 e. The van der Waals surface area contributed by atoms with Crippen LogP contribution in [0.5, 0.6) is 0 Å². The third-order valence-electron chi connectivity index (χ3n) is 2.75. The largest absolute Gasteiger partial charge is 0.377 e. The molecule has 3 heteroatoms. The molecule has 1 aromatic carbocycles. The van der Waals surface area contributed by atoms with Crippen molar-refractivity contribution in [3.05, 3.63) is 35.1 Å². The van der Waals surface area contributed by atoms with Gasteiger partial charge in [0.05, 0.1) is 12.1 Å². The van der Waals surface area contributed by atoms with Crippen LogP contribution in [0.2, 0.25) is 0 Å². The third-order valence-corrected chi connectivity index (χ3v) is 2.75. The number of rotatable bonds is 5. The second kappa shape index (κ2) is 5.97. The molecular weight excluding hydrogens is 205 g/mol. The molecule has 2 atom stereocenters. The number of likely N-dealkylation sites (N-methyl/N-ethyl adjacent to an activating group) is 1. The fourth-order valence-corrected chi connectivity index (χ4v) is 1.89. The molecule has 1 aromatic rings. The summed E-state index contributed by atoms with van der Waals surface area (Å²) in [6.07, 6.45) is 0.0693. The van der Waals surface area contributed by atoms with E-state index in [2.05, 4.69) is 5.32 Å². The normalized spacial score (nSPS) is 14.8. The van der Waals surface area contributed by atoms with Gasteiger partial charge in [-0.05, 0) is 45.0 Å². The fourth-order valence-electron chi connectivity index (χ4n) is 1.89. The molecule has 0 spiro atoms. The summed E-state index contributed by atoms with van der Waals surface area (Å²) in [5.41, 5.74) is 1.73. The highest BCUT2D eigenvalue weighted by Crippen LogP contribution is 2.21. The molecule has 1 rings (SSSR count). The van der Waals surface area contributed by atoms with Crippen LogP contribution in [0.1, 0.15) is 31.0 Å². The summed E-state index contributed by atoms with van der Waals surface area (Å²) in [5, 5.41) is 3.20. The van der Waals surface area contributed by atoms with Gasteiger partial charge < -0.3 is 10.1 Å². The van der Waals surface area contributed by atoms with E-state index in [9.17, 15) is 4.39 Å². The maximum atomic E-state index is 13.2. The molecule has 0 fully saturated rings. The van der Waals surface area contributed by atoms with Crippen LogP contribution in [0, 0.1) is 12.7 Å². The van der Waals surface area contributed by atoms with E-state index in [1.165, 1.54) is 6.07 Å². The summed E-state index contributed by atoms with van der Waals surface area (Å²) >= 11 is 0. The van der Waals surface area contributed by atoms with Crippen molar-refractivity contribution < 1.29 is 9.13 Å². The number of benzene rings is 1. The Hall–Kier alpha value is -0.930. The zero-order valence-corrected chi connectivity index (χ0v) is 10.4. The monoisotopic (exact) mass is 225 g/mol. The zero-order valence-electron chi connectivity index (χ0n) is 10.4. The molecule has 2 unspecified atom stereocenters. The minimum Gasteiger partial charge on any atom is -0.377 e. The van der Waals surface area contributed by atoms with Crippen LogP contribution in [0.25, 0.3) is 0 Å². The molecule has 90 valence electrons. The molecule has 0 saturated carbocycles. The van der Waals surface area contributed by atoms with Crippen LogP contribution in [0.15, 0.2) is 18.2 Å². The Morgan fingerprint density at radius 1 is 1.44 bits per heavy atom. The number of aryl methyl sites for hydroxylation is 1. The van der Waals surface area contributed by atoms with Crippen molar-refractivity contribution in [3.63, 3.8) is 0 Å². The predicted molar refractivity (Wildman–Crippen MR) is 64.0 cm³/mol. The number of ether oxygens (including phenoxy) is 1. The molecule has 0 aliphatic rings. The summed E-state index contributed by atoms with van der Waals surface area (Å²) in [6, 6.07) is 5.28. The molecule has 2 nitrogen and oxygen atoms in total. The van der Waals surface area contributed by atoms with E-state index in [4.69, 9.17) is 4.74 Å². The fraction of sp³-hybridized carbons (Fsp3) is 0.538. The average Bonchev–Trinajstić information content (AvgIpc) is 2.25. The number of hydrogen-bond acceptors (Lipinski definition) is 2. The van der Waals surface area contributed by atoms with Crippen LogP contribution >= 0.6 is 0 Å². The van der Waals surface area contributed by atoms with Crippen LogP contribution in [0.3, 0.4) is 0 Å². The minimum absolute atomic E-state index is 0.0693. The van der Waals surface area contributed by atoms with Gasteiger partial charge in [0.15, 0.2) is 0 Å². The Kier molecular flexibility index (Phi) is 4.90. The number of hydrogen-bond donors (Lipinski definition) is 1. The maximum absolute atomic E-state index is 13.2. The molecule has 0 aliphatic carbocycles. The van der Waals surface area contributed by atoms with Gasteiger partial charge in [-0.1, -0.05) is 12.1 Å². The van der Waals surface area contributed by atoms with E-state index in [0.717, 1.165) is 5.56 Å². The van der Waals surface area contributed by atoms with Gasteiger partial charge in [-0.3, -0.25) is 0 Å². The van der Waals surface area contributed by atoms with Gasteiger partial charge in [0.2, 0.25) is 0 Å². The quantitative estimate of drug-likeness (QED) is 0.832. The van der Waals surface area contributed by atoms with Crippen molar-refractivity contribution in [2.45, 2.75) is 32.9 Å². The van der Waals surface area contributed by atoms with Crippen molar-refractivity contribution in [1.29, 1.82) is 0 Å². The lowest BCUT2D eigenvalue weighted by molar-refractivity contribution is 0.0493. The van der Waals surface area contributed by atoms with E-state index < -0.39 is 0 Å². The summed E-state index contributed by atoms with van der Waals surface area (Å²) in [7, 11) is 1.89. The molecule has 16 heavy (non-hydrogen) atoms. The average molecular weight is 225 g/mol. The Labute approximate surface area is 96.8 Å². The lowest BCUT2D eigenvalue weighted by Gasteiger charge is -2.24. The van der Waals surface area contributed by atoms with Crippen LogP contribution in [-0.4, -0.2) is 19.8 Å². The summed E-state index contributed by atoms with van der Waals surface area (Å²) in [4.78, 5) is 0. The second-order valence-corrected chi connectivity index (χ2v) is 3.94. The summed E-state index contributed by atoms with van der Waals surface area (Å²) in [5.74, 6) is -0.164. The smallest absolute Gasteiger partial charge is 0.126 e. The van der Waals surface area contributed by atoms with Crippen LogP contribution < -0.4 is 5.32 Å². The van der Waals surface area contributed by atoms with Gasteiger partial charge in [-0.25, -0.2) is 4.39 Å². The Bertz CT molecular complexity index is 341. The van der Waals surface area contributed by atoms with E-state index in [1.807, 2.05) is 27.0 Å². The standard InChI is InChI=1S/C13H20FNO/c1-5-16-10(3)13(15-4)11-6-7-12(14)9(2)8-11/h6-8,10,13,15H,5H2,1-4H3. The molecule has 0 amide bonds. The van der Waals surface area contributed by atoms with Gasteiger partial charge in [0, 0.05) is 6.61 Å². The topological polar surface area (TPSA) is 21.3 Å². The van der Waals surface area contributed by atoms with Crippen LogP contribution in [0.4, 0.5) is 4.39 Å². The Balaban J connectivity index is 2.90. The molecule has 1 N–H and O–H groups in total. The van der Waals surface area contributed by atoms with Crippen molar-refractivity contribution >= 4 is 0 Å². The van der Waals surface area contributed by atoms with Crippen molar-refractivity contribution in [1.82, 2.24) is 5.32 Å². The van der Waals surface area contributed by atoms with Crippen molar-refractivity contribution in [2.75, 3.05) is 13.7 Å². The first-order valence-corrected chi connectivity index (χ1v) is 5.65. The number of halogens is 1. The lowest BCUT2D eigenvalue weighted by Crippen LogP contribution is -2.29. The highest BCUT2D eigenvalue weighted by molar-refractivity contribution is 5.27. The highest BCUT2D eigenvalue weighted by Gasteiger charge is 2.18. The summed E-state index contributed by atoms with van der Waals surface area (Å²) < 4.78 is 18.7. The third kappa shape index (κ3) is 3.03. The van der Waals surface area contributed by atoms with E-state index >= 15 is 0 Å². The molecule has 0 saturated heterocycles. The van der Waals surface area contributed by atoms with Crippen molar-refractivity contribution in [3.8, 4) is 0 Å². The Morgan fingerprint density at radius 3 is 2.62 bits per heavy atom. The molecule has 0 heterocycles. The van der Waals surface area contributed by atoms with Gasteiger partial charge >= 0.3 is 0 Å². The van der Waals surface area contributed by atoms with Gasteiger partial charge in [0.25, 0.3) is 0 Å². The Morgan fingerprint density at radius 2 is 2.12 bits per heavy atom. The van der Waals surface area contributed by atoms with E-state index in [-0.39, 0.29) is 18.0 Å². The zero-order chi connectivity index (χ0) is 12.1. The van der Waals surface area contributed by atoms with Gasteiger partial charge in [-0.2, -0.15) is 0 Å². The molecule has 0 aliphatic heterocycles. The summed E-state index contributed by atoms with van der Waals surface area (Å²) in [6.45, 7) is 6.44. The first kappa shape index (κ1) is 13.1. The first-order valence-electron chi connectivity index (χ1n) is 5.65. The predicted octanol–water partition coefficient (Wildman–Crippen LogP) is 2.82.